The van der Waals surface area contributed by atoms with Gasteiger partial charge in [-0.3, -0.25) is 0 Å². The van der Waals surface area contributed by atoms with Crippen LogP contribution in [0.1, 0.15) is 37.3 Å². The molecule has 0 amide bonds. The number of halogens is 2. The minimum atomic E-state index is 0.534. The molecule has 0 spiro atoms. The highest BCUT2D eigenvalue weighted by Crippen LogP contribution is 2.34. The van der Waals surface area contributed by atoms with E-state index in [9.17, 15) is 0 Å². The molecule has 0 radical (unpaired) electrons. The van der Waals surface area contributed by atoms with Crippen LogP contribution >= 0.6 is 27.5 Å². The molecule has 0 saturated heterocycles. The molecule has 98 valence electrons. The Labute approximate surface area is 126 Å². The average Bonchev–Trinajstić information content (AvgIpc) is 2.92. The van der Waals surface area contributed by atoms with Crippen molar-refractivity contribution >= 4 is 27.5 Å². The summed E-state index contributed by atoms with van der Waals surface area (Å²) < 4.78 is 1.02. The molecular weight excluding hydrogens is 324 g/mol. The van der Waals surface area contributed by atoms with Crippen molar-refractivity contribution in [3.63, 3.8) is 0 Å². The zero-order valence-electron chi connectivity index (χ0n) is 10.4. The molecule has 0 aliphatic heterocycles. The minimum absolute atomic E-state index is 0.534. The van der Waals surface area contributed by atoms with Crippen molar-refractivity contribution in [1.82, 2.24) is 9.97 Å². The van der Waals surface area contributed by atoms with Crippen molar-refractivity contribution < 1.29 is 0 Å². The molecule has 1 fully saturated rings. The highest BCUT2D eigenvalue weighted by atomic mass is 79.9. The quantitative estimate of drug-likeness (QED) is 0.702. The molecule has 1 aliphatic rings. The smallest absolute Gasteiger partial charge is 0.161 e. The summed E-state index contributed by atoms with van der Waals surface area (Å²) in [7, 11) is 0. The van der Waals surface area contributed by atoms with Crippen LogP contribution in [0.2, 0.25) is 5.15 Å². The predicted octanol–water partition coefficient (Wildman–Crippen LogP) is 5.22. The molecule has 4 heteroatoms. The van der Waals surface area contributed by atoms with E-state index in [4.69, 9.17) is 16.6 Å². The summed E-state index contributed by atoms with van der Waals surface area (Å²) in [5, 5.41) is 0.534. The van der Waals surface area contributed by atoms with Crippen LogP contribution in [0.5, 0.6) is 0 Å². The van der Waals surface area contributed by atoms with Crippen molar-refractivity contribution in [2.75, 3.05) is 0 Å². The monoisotopic (exact) mass is 336 g/mol. The van der Waals surface area contributed by atoms with E-state index in [-0.39, 0.29) is 0 Å². The Balaban J connectivity index is 2.01. The van der Waals surface area contributed by atoms with Crippen LogP contribution in [0.15, 0.2) is 34.8 Å². The summed E-state index contributed by atoms with van der Waals surface area (Å²) in [6.45, 7) is 0. The fourth-order valence-corrected chi connectivity index (χ4v) is 3.21. The largest absolute Gasteiger partial charge is 0.233 e. The summed E-state index contributed by atoms with van der Waals surface area (Å²) in [5.41, 5.74) is 2.09. The van der Waals surface area contributed by atoms with Gasteiger partial charge in [-0.15, -0.1) is 0 Å². The fraction of sp³-hybridized carbons (Fsp3) is 0.333. The van der Waals surface area contributed by atoms with Gasteiger partial charge in [0, 0.05) is 21.6 Å². The van der Waals surface area contributed by atoms with E-state index in [0.717, 1.165) is 21.6 Å². The number of hydrogen-bond acceptors (Lipinski definition) is 2. The van der Waals surface area contributed by atoms with Crippen molar-refractivity contribution in [3.05, 3.63) is 45.7 Å². The van der Waals surface area contributed by atoms with E-state index in [0.29, 0.717) is 11.1 Å². The molecule has 0 unspecified atom stereocenters. The zero-order chi connectivity index (χ0) is 13.2. The fourth-order valence-electron chi connectivity index (χ4n) is 2.62. The highest BCUT2D eigenvalue weighted by Gasteiger charge is 2.20. The van der Waals surface area contributed by atoms with Crippen molar-refractivity contribution in [2.24, 2.45) is 0 Å². The number of rotatable bonds is 2. The van der Waals surface area contributed by atoms with Gasteiger partial charge >= 0.3 is 0 Å². The molecule has 1 aromatic carbocycles. The number of hydrogen-bond donors (Lipinski definition) is 0. The topological polar surface area (TPSA) is 25.8 Å². The van der Waals surface area contributed by atoms with Crippen LogP contribution in [0, 0.1) is 0 Å². The first-order valence-corrected chi connectivity index (χ1v) is 7.70. The van der Waals surface area contributed by atoms with E-state index in [1.165, 1.54) is 25.7 Å². The molecule has 1 aromatic heterocycles. The lowest BCUT2D eigenvalue weighted by atomic mass is 10.0. The van der Waals surface area contributed by atoms with Gasteiger partial charge in [0.2, 0.25) is 0 Å². The average molecular weight is 338 g/mol. The molecule has 1 heterocycles. The number of aromatic nitrogens is 2. The lowest BCUT2D eigenvalue weighted by Crippen LogP contribution is -2.00. The molecule has 0 N–H and O–H groups in total. The van der Waals surface area contributed by atoms with Crippen LogP contribution in [0.4, 0.5) is 0 Å². The van der Waals surface area contributed by atoms with Gasteiger partial charge in [0.1, 0.15) is 5.15 Å². The van der Waals surface area contributed by atoms with Crippen molar-refractivity contribution in [3.8, 4) is 11.4 Å². The van der Waals surface area contributed by atoms with Gasteiger partial charge in [-0.2, -0.15) is 0 Å². The van der Waals surface area contributed by atoms with Gasteiger partial charge in [0.15, 0.2) is 5.82 Å². The minimum Gasteiger partial charge on any atom is -0.233 e. The molecule has 1 saturated carbocycles. The third-order valence-electron chi connectivity index (χ3n) is 3.57. The molecule has 0 atom stereocenters. The second kappa shape index (κ2) is 5.59. The Morgan fingerprint density at radius 1 is 1.11 bits per heavy atom. The van der Waals surface area contributed by atoms with Crippen LogP contribution < -0.4 is 0 Å². The van der Waals surface area contributed by atoms with Gasteiger partial charge in [0.25, 0.3) is 0 Å². The first kappa shape index (κ1) is 13.1. The third kappa shape index (κ3) is 2.98. The molecule has 0 bridgehead atoms. The molecule has 19 heavy (non-hydrogen) atoms. The highest BCUT2D eigenvalue weighted by molar-refractivity contribution is 9.10. The standard InChI is InChI=1S/C15H14BrClN2/c16-12-7-3-6-11(8-12)15-18-13(9-14(17)19-15)10-4-1-2-5-10/h3,6-10H,1-2,4-5H2. The van der Waals surface area contributed by atoms with Crippen LogP contribution in [-0.2, 0) is 0 Å². The Bertz CT molecular complexity index is 594. The second-order valence-electron chi connectivity index (χ2n) is 4.93. The van der Waals surface area contributed by atoms with E-state index >= 15 is 0 Å². The molecular formula is C15H14BrClN2. The molecule has 2 nitrogen and oxygen atoms in total. The predicted molar refractivity (Wildman–Crippen MR) is 81.4 cm³/mol. The maximum atomic E-state index is 6.16. The summed E-state index contributed by atoms with van der Waals surface area (Å²) >= 11 is 9.63. The van der Waals surface area contributed by atoms with Crippen molar-refractivity contribution in [1.29, 1.82) is 0 Å². The van der Waals surface area contributed by atoms with Crippen molar-refractivity contribution in [2.45, 2.75) is 31.6 Å². The summed E-state index contributed by atoms with van der Waals surface area (Å²) in [4.78, 5) is 9.06. The normalized spacial score (nSPS) is 15.9. The Hall–Kier alpha value is -0.930. The Morgan fingerprint density at radius 3 is 2.63 bits per heavy atom. The Kier molecular flexibility index (Phi) is 3.85. The lowest BCUT2D eigenvalue weighted by molar-refractivity contribution is 0.695. The van der Waals surface area contributed by atoms with E-state index in [1.807, 2.05) is 30.3 Å². The van der Waals surface area contributed by atoms with Gasteiger partial charge in [-0.1, -0.05) is 52.5 Å². The third-order valence-corrected chi connectivity index (χ3v) is 4.26. The van der Waals surface area contributed by atoms with Crippen LogP contribution in [-0.4, -0.2) is 9.97 Å². The van der Waals surface area contributed by atoms with Crippen LogP contribution in [0.25, 0.3) is 11.4 Å². The molecule has 1 aliphatic carbocycles. The van der Waals surface area contributed by atoms with E-state index < -0.39 is 0 Å². The molecule has 3 rings (SSSR count). The van der Waals surface area contributed by atoms with E-state index in [2.05, 4.69) is 20.9 Å². The first-order valence-electron chi connectivity index (χ1n) is 6.53. The van der Waals surface area contributed by atoms with Crippen LogP contribution in [0.3, 0.4) is 0 Å². The van der Waals surface area contributed by atoms with E-state index in [1.54, 1.807) is 0 Å². The zero-order valence-corrected chi connectivity index (χ0v) is 12.8. The molecule has 2 aromatic rings. The summed E-state index contributed by atoms with van der Waals surface area (Å²) in [6.07, 6.45) is 5.01. The van der Waals surface area contributed by atoms with Gasteiger partial charge in [-0.05, 0) is 31.0 Å². The maximum Gasteiger partial charge on any atom is 0.161 e. The summed E-state index contributed by atoms with van der Waals surface area (Å²) in [6, 6.07) is 9.92. The Morgan fingerprint density at radius 2 is 1.89 bits per heavy atom. The van der Waals surface area contributed by atoms with Gasteiger partial charge in [-0.25, -0.2) is 9.97 Å². The second-order valence-corrected chi connectivity index (χ2v) is 6.23. The SMILES string of the molecule is Clc1cc(C2CCCC2)nc(-c2cccc(Br)c2)n1. The van der Waals surface area contributed by atoms with Gasteiger partial charge < -0.3 is 0 Å². The van der Waals surface area contributed by atoms with Gasteiger partial charge in [0.05, 0.1) is 0 Å². The summed E-state index contributed by atoms with van der Waals surface area (Å²) in [5.74, 6) is 1.27. The number of nitrogens with zero attached hydrogens (tertiary/aromatic N) is 2. The first-order chi connectivity index (χ1) is 9.22. The maximum absolute atomic E-state index is 6.16. The number of benzene rings is 1. The lowest BCUT2D eigenvalue weighted by Gasteiger charge is -2.10.